The fraction of sp³-hybridized carbons (Fsp3) is 0.196. The van der Waals surface area contributed by atoms with Gasteiger partial charge < -0.3 is 31.7 Å². The molecule has 0 aliphatic carbocycles. The molecule has 0 aliphatic heterocycles. The van der Waals surface area contributed by atoms with Gasteiger partial charge in [0, 0.05) is 75.2 Å². The van der Waals surface area contributed by atoms with Crippen LogP contribution in [0.5, 0.6) is 0 Å². The van der Waals surface area contributed by atoms with Crippen molar-refractivity contribution in [1.82, 2.24) is 60.1 Å². The van der Waals surface area contributed by atoms with Crippen LogP contribution in [0, 0.1) is 31.9 Å². The molecule has 0 fully saturated rings. The minimum absolute atomic E-state index is 0. The van der Waals surface area contributed by atoms with Crippen LogP contribution in [0.2, 0.25) is 0 Å². The molecule has 0 amide bonds. The van der Waals surface area contributed by atoms with Crippen molar-refractivity contribution < 1.29 is 18.6 Å². The first kappa shape index (κ1) is 50.5. The van der Waals surface area contributed by atoms with Crippen LogP contribution >= 0.6 is 22.7 Å². The summed E-state index contributed by atoms with van der Waals surface area (Å²) in [5, 5.41) is 32.9. The maximum atomic E-state index is 13.8. The van der Waals surface area contributed by atoms with Crippen molar-refractivity contribution in [2.45, 2.75) is 39.8 Å². The Morgan fingerprint density at radius 1 is 0.690 bits per heavy atom. The van der Waals surface area contributed by atoms with Gasteiger partial charge >= 0.3 is 0 Å². The number of hydrogen-bond donors (Lipinski definition) is 6. The van der Waals surface area contributed by atoms with E-state index in [9.17, 15) is 29.0 Å². The zero-order chi connectivity index (χ0) is 49.0. The van der Waals surface area contributed by atoms with E-state index in [0.717, 1.165) is 37.3 Å². The molecule has 0 radical (unpaired) electrons. The van der Waals surface area contributed by atoms with Crippen LogP contribution in [0.3, 0.4) is 0 Å². The van der Waals surface area contributed by atoms with Crippen LogP contribution in [-0.4, -0.2) is 84.3 Å². The number of nitrogens with one attached hydrogen (secondary N) is 5. The molecule has 7 N–H and O–H groups in total. The highest BCUT2D eigenvalue weighted by Crippen LogP contribution is 2.28. The van der Waals surface area contributed by atoms with Crippen molar-refractivity contribution >= 4 is 94.4 Å². The Kier molecular flexibility index (Phi) is 16.9. The number of fused-ring (bicyclic) bond motifs is 4. The number of H-pyrrole nitrogens is 2. The van der Waals surface area contributed by atoms with E-state index in [4.69, 9.17) is 5.73 Å². The summed E-state index contributed by atoms with van der Waals surface area (Å²) in [7, 11) is 0. The number of aromatic amines is 2. The molecule has 364 valence electrons. The first-order valence-corrected chi connectivity index (χ1v) is 23.0. The highest BCUT2D eigenvalue weighted by Gasteiger charge is 2.14. The quantitative estimate of drug-likeness (QED) is 0.0283. The van der Waals surface area contributed by atoms with Crippen molar-refractivity contribution in [3.05, 3.63) is 163 Å². The van der Waals surface area contributed by atoms with Crippen molar-refractivity contribution in [3.8, 4) is 0 Å². The number of nitro groups is 2. The molecular formula is C46H45F2N17O4S2. The molecule has 0 bridgehead atoms. The van der Waals surface area contributed by atoms with Gasteiger partial charge in [0.05, 0.1) is 71.1 Å². The molecule has 25 heteroatoms. The molecule has 0 atom stereocenters. The number of halogens is 2. The number of benzene rings is 2. The van der Waals surface area contributed by atoms with E-state index < -0.39 is 9.85 Å². The summed E-state index contributed by atoms with van der Waals surface area (Å²) in [4.78, 5) is 66.0. The van der Waals surface area contributed by atoms with Crippen LogP contribution in [0.4, 0.5) is 31.8 Å². The fourth-order valence-corrected chi connectivity index (χ4v) is 8.64. The maximum Gasteiger partial charge on any atom is 0.271 e. The number of thiazole rings is 2. The average molecular weight is 1000 g/mol. The second-order valence-corrected chi connectivity index (χ2v) is 17.1. The van der Waals surface area contributed by atoms with Gasteiger partial charge in [0.2, 0.25) is 0 Å². The molecule has 0 saturated carbocycles. The molecule has 0 saturated heterocycles. The van der Waals surface area contributed by atoms with Crippen LogP contribution in [0.15, 0.2) is 98.2 Å². The highest BCUT2D eigenvalue weighted by molar-refractivity contribution is 7.18. The van der Waals surface area contributed by atoms with Gasteiger partial charge in [-0.05, 0) is 55.1 Å². The monoisotopic (exact) mass is 1000 g/mol. The Balaban J connectivity index is 0.000000174. The Morgan fingerprint density at radius 3 is 1.93 bits per heavy atom. The van der Waals surface area contributed by atoms with E-state index in [0.29, 0.717) is 88.9 Å². The van der Waals surface area contributed by atoms with E-state index in [1.807, 2.05) is 6.07 Å². The summed E-state index contributed by atoms with van der Waals surface area (Å²) in [6, 6.07) is 16.9. The predicted octanol–water partition coefficient (Wildman–Crippen LogP) is 8.48. The van der Waals surface area contributed by atoms with E-state index in [1.54, 1.807) is 60.3 Å². The molecule has 71 heavy (non-hydrogen) atoms. The van der Waals surface area contributed by atoms with Crippen molar-refractivity contribution in [2.75, 3.05) is 30.3 Å². The zero-order valence-electron chi connectivity index (χ0n) is 36.8. The van der Waals surface area contributed by atoms with Gasteiger partial charge in [-0.25, -0.2) is 43.7 Å². The number of nitrogens with zero attached hydrogens (tertiary/aromatic N) is 11. The Bertz CT molecular complexity index is 3450. The van der Waals surface area contributed by atoms with Gasteiger partial charge in [-0.15, -0.1) is 11.3 Å². The lowest BCUT2D eigenvalue weighted by molar-refractivity contribution is -0.384. The first-order valence-electron chi connectivity index (χ1n) is 21.4. The zero-order valence-corrected chi connectivity index (χ0v) is 38.4. The lowest BCUT2D eigenvalue weighted by Crippen LogP contribution is -2.20. The molecule has 10 rings (SSSR count). The lowest BCUT2D eigenvalue weighted by Gasteiger charge is -2.06. The van der Waals surface area contributed by atoms with Gasteiger partial charge in [-0.1, -0.05) is 25.3 Å². The molecule has 10 aromatic rings. The second-order valence-electron chi connectivity index (χ2n) is 14.9. The Labute approximate surface area is 410 Å². The van der Waals surface area contributed by atoms with Crippen molar-refractivity contribution in [1.29, 1.82) is 0 Å². The Hall–Kier alpha value is -8.39. The van der Waals surface area contributed by atoms with Gasteiger partial charge in [0.25, 0.3) is 11.4 Å². The summed E-state index contributed by atoms with van der Waals surface area (Å²) < 4.78 is 28.4. The Morgan fingerprint density at radius 2 is 1.30 bits per heavy atom. The lowest BCUT2D eigenvalue weighted by atomic mass is 10.3. The van der Waals surface area contributed by atoms with Crippen LogP contribution in [0.25, 0.3) is 48.7 Å². The summed E-state index contributed by atoms with van der Waals surface area (Å²) >= 11 is 3.09. The number of pyridine rings is 3. The van der Waals surface area contributed by atoms with Gasteiger partial charge in [-0.3, -0.25) is 30.2 Å². The molecule has 0 unspecified atom stereocenters. The normalized spacial score (nSPS) is 10.9. The minimum Gasteiger partial charge on any atom is -0.362 e. The van der Waals surface area contributed by atoms with E-state index in [1.165, 1.54) is 54.1 Å². The number of nitrogens with two attached hydrogens (primary N) is 1. The predicted molar refractivity (Wildman–Crippen MR) is 271 cm³/mol. The van der Waals surface area contributed by atoms with E-state index in [-0.39, 0.29) is 43.5 Å². The number of rotatable bonds is 17. The maximum absolute atomic E-state index is 13.8. The van der Waals surface area contributed by atoms with Gasteiger partial charge in [0.1, 0.15) is 45.5 Å². The molecule has 8 heterocycles. The number of hydrogen-bond acceptors (Lipinski definition) is 19. The average Bonchev–Trinajstić information content (AvgIpc) is 4.18. The topological polar surface area (TPSA) is 296 Å². The SMILES string of the molecule is C.C=Cc1nc2ccc([N+](=O)[O-])cc2[nH]1.NCCc1nc2c(NCc3ncccc3F)nccc2s1.O=[N+]([O-])c1ccc2nc(CCNCCc3nc4c(NCc5ncccc5F)ncnc4s3)[nH]c2c1. The minimum atomic E-state index is -0.437. The van der Waals surface area contributed by atoms with Gasteiger partial charge in [0.15, 0.2) is 11.6 Å². The molecule has 0 spiro atoms. The number of non-ortho nitro benzene ring substituents is 2. The van der Waals surface area contributed by atoms with Gasteiger partial charge in [-0.2, -0.15) is 0 Å². The van der Waals surface area contributed by atoms with E-state index >= 15 is 0 Å². The largest absolute Gasteiger partial charge is 0.362 e. The van der Waals surface area contributed by atoms with Crippen LogP contribution < -0.4 is 21.7 Å². The van der Waals surface area contributed by atoms with E-state index in [2.05, 4.69) is 77.4 Å². The second kappa shape index (κ2) is 23.8. The van der Waals surface area contributed by atoms with Crippen molar-refractivity contribution in [3.63, 3.8) is 0 Å². The number of nitro benzene ring substituents is 2. The number of imidazole rings is 2. The standard InChI is InChI=1S/C22H20FN9O2S.C14H14FN5S.C9H7N3O2.CH4/c23-14-2-1-7-25-17(14)11-26-21-20-22(28-12-27-21)35-19(31-20)6-9-24-8-5-18-29-15-4-3-13(32(33)34)10-16(15)30-18;15-9-2-1-6-17-10(9)8-19-14-13-11(4-7-18-14)21-12(20-13)3-5-16;1-2-9-10-7-4-3-6(12(13)14)5-8(7)11-9;/h1-4,7,10,12,24H,5-6,8-9,11H2,(H,29,30)(H,26,27,28);1-2,4,6-7H,3,5,8,16H2,(H,18,19);2-5H,1H2,(H,10,11);1H4. The first-order chi connectivity index (χ1) is 34.0. The summed E-state index contributed by atoms with van der Waals surface area (Å²) in [5.41, 5.74) is 10.5. The third-order valence-electron chi connectivity index (χ3n) is 10.1. The van der Waals surface area contributed by atoms with Crippen LogP contribution in [0.1, 0.15) is 40.5 Å². The molecule has 21 nitrogen and oxygen atoms in total. The molecule has 2 aromatic carbocycles. The van der Waals surface area contributed by atoms with Crippen LogP contribution in [-0.2, 0) is 32.4 Å². The third-order valence-corrected chi connectivity index (χ3v) is 12.2. The summed E-state index contributed by atoms with van der Waals surface area (Å²) in [6.07, 6.45) is 9.96. The summed E-state index contributed by atoms with van der Waals surface area (Å²) in [6.45, 7) is 5.98. The van der Waals surface area contributed by atoms with Crippen molar-refractivity contribution in [2.24, 2.45) is 5.73 Å². The summed E-state index contributed by atoms with van der Waals surface area (Å²) in [5.74, 6) is 1.85. The fourth-order valence-electron chi connectivity index (χ4n) is 6.76. The highest BCUT2D eigenvalue weighted by atomic mass is 32.1. The molecule has 0 aliphatic rings. The number of anilines is 2. The molecular weight excluding hydrogens is 957 g/mol. The smallest absolute Gasteiger partial charge is 0.271 e. The molecule has 8 aromatic heterocycles. The third kappa shape index (κ3) is 12.8. The number of aromatic nitrogens is 11.